The van der Waals surface area contributed by atoms with Gasteiger partial charge in [-0.25, -0.2) is 9.97 Å². The van der Waals surface area contributed by atoms with E-state index in [1.54, 1.807) is 12.4 Å². The molecule has 110 valence electrons. The lowest BCUT2D eigenvalue weighted by atomic mass is 10.2. The molecule has 0 radical (unpaired) electrons. The number of aromatic nitrogens is 3. The van der Waals surface area contributed by atoms with E-state index in [1.807, 2.05) is 26.0 Å². The van der Waals surface area contributed by atoms with Crippen molar-refractivity contribution >= 4 is 17.2 Å². The summed E-state index contributed by atoms with van der Waals surface area (Å²) in [5.74, 6) is 1.84. The normalized spacial score (nSPS) is 15.3. The Morgan fingerprint density at radius 3 is 2.43 bits per heavy atom. The van der Waals surface area contributed by atoms with Crippen LogP contribution < -0.4 is 15.5 Å². The van der Waals surface area contributed by atoms with Gasteiger partial charge in [-0.2, -0.15) is 0 Å². The van der Waals surface area contributed by atoms with Crippen LogP contribution in [0.25, 0.3) is 0 Å². The van der Waals surface area contributed by atoms with E-state index in [2.05, 4.69) is 24.8 Å². The average molecular weight is 284 g/mol. The fourth-order valence-electron chi connectivity index (χ4n) is 2.72. The van der Waals surface area contributed by atoms with Gasteiger partial charge in [-0.15, -0.1) is 0 Å². The van der Waals surface area contributed by atoms with E-state index >= 15 is 0 Å². The summed E-state index contributed by atoms with van der Waals surface area (Å²) in [7, 11) is 0. The molecule has 1 saturated heterocycles. The summed E-state index contributed by atoms with van der Waals surface area (Å²) in [6.07, 6.45) is 3.49. The first-order chi connectivity index (χ1) is 10.1. The van der Waals surface area contributed by atoms with Crippen LogP contribution in [0, 0.1) is 13.8 Å². The molecule has 3 heterocycles. The largest absolute Gasteiger partial charge is 0.396 e. The highest BCUT2D eigenvalue weighted by Gasteiger charge is 2.20. The van der Waals surface area contributed by atoms with E-state index in [4.69, 9.17) is 5.73 Å². The molecule has 2 aromatic heterocycles. The second kappa shape index (κ2) is 5.55. The lowest BCUT2D eigenvalue weighted by Gasteiger charge is -2.37. The zero-order valence-corrected chi connectivity index (χ0v) is 12.5. The van der Waals surface area contributed by atoms with Gasteiger partial charge in [0.15, 0.2) is 0 Å². The molecule has 1 aliphatic heterocycles. The molecule has 0 aliphatic carbocycles. The second-order valence-corrected chi connectivity index (χ2v) is 5.32. The minimum atomic E-state index is 0.736. The number of nitrogens with zero attached hydrogens (tertiary/aromatic N) is 5. The maximum absolute atomic E-state index is 6.00. The monoisotopic (exact) mass is 284 g/mol. The Hall–Kier alpha value is -2.37. The van der Waals surface area contributed by atoms with Crippen LogP contribution in [0.4, 0.5) is 17.2 Å². The van der Waals surface area contributed by atoms with Crippen molar-refractivity contribution in [3.8, 4) is 0 Å². The van der Waals surface area contributed by atoms with Crippen molar-refractivity contribution in [3.63, 3.8) is 0 Å². The molecule has 6 heteroatoms. The Labute approximate surface area is 124 Å². The summed E-state index contributed by atoms with van der Waals surface area (Å²) in [6, 6.07) is 4.02. The fraction of sp³-hybridized carbons (Fsp3) is 0.400. The van der Waals surface area contributed by atoms with Crippen LogP contribution in [0.1, 0.15) is 11.5 Å². The van der Waals surface area contributed by atoms with Crippen LogP contribution in [0.5, 0.6) is 0 Å². The van der Waals surface area contributed by atoms with Gasteiger partial charge in [0.2, 0.25) is 0 Å². The average Bonchev–Trinajstić information content (AvgIpc) is 2.47. The van der Waals surface area contributed by atoms with E-state index < -0.39 is 0 Å². The smallest absolute Gasteiger partial charge is 0.132 e. The lowest BCUT2D eigenvalue weighted by Crippen LogP contribution is -2.47. The van der Waals surface area contributed by atoms with E-state index in [0.29, 0.717) is 0 Å². The van der Waals surface area contributed by atoms with E-state index in [0.717, 1.165) is 54.9 Å². The summed E-state index contributed by atoms with van der Waals surface area (Å²) in [6.45, 7) is 7.65. The van der Waals surface area contributed by atoms with Crippen LogP contribution in [0.2, 0.25) is 0 Å². The van der Waals surface area contributed by atoms with Crippen molar-refractivity contribution in [3.05, 3.63) is 36.0 Å². The van der Waals surface area contributed by atoms with Gasteiger partial charge in [-0.1, -0.05) is 0 Å². The third-order valence-electron chi connectivity index (χ3n) is 3.72. The first-order valence-electron chi connectivity index (χ1n) is 7.15. The Morgan fingerprint density at radius 1 is 1.05 bits per heavy atom. The topological polar surface area (TPSA) is 71.2 Å². The van der Waals surface area contributed by atoms with Crippen molar-refractivity contribution in [1.29, 1.82) is 0 Å². The molecule has 0 bridgehead atoms. The molecule has 1 aliphatic rings. The van der Waals surface area contributed by atoms with E-state index in [1.165, 1.54) is 0 Å². The summed E-state index contributed by atoms with van der Waals surface area (Å²) in [4.78, 5) is 17.5. The van der Waals surface area contributed by atoms with Crippen molar-refractivity contribution in [1.82, 2.24) is 15.0 Å². The van der Waals surface area contributed by atoms with Gasteiger partial charge in [0.1, 0.15) is 11.6 Å². The van der Waals surface area contributed by atoms with Crippen molar-refractivity contribution < 1.29 is 0 Å². The van der Waals surface area contributed by atoms with E-state index in [-0.39, 0.29) is 0 Å². The predicted molar refractivity (Wildman–Crippen MR) is 84.6 cm³/mol. The zero-order chi connectivity index (χ0) is 14.8. The number of anilines is 3. The molecular weight excluding hydrogens is 264 g/mol. The van der Waals surface area contributed by atoms with Crippen LogP contribution >= 0.6 is 0 Å². The molecule has 0 amide bonds. The number of pyridine rings is 1. The van der Waals surface area contributed by atoms with Gasteiger partial charge in [0.05, 0.1) is 17.6 Å². The SMILES string of the molecule is Cc1cc(N2CCN(c3ccncc3N)CC2)nc(C)n1. The maximum atomic E-state index is 6.00. The first kappa shape index (κ1) is 13.6. The van der Waals surface area contributed by atoms with Crippen molar-refractivity contribution in [2.24, 2.45) is 0 Å². The molecule has 0 unspecified atom stereocenters. The number of hydrogen-bond acceptors (Lipinski definition) is 6. The molecule has 0 atom stereocenters. The van der Waals surface area contributed by atoms with Crippen LogP contribution in [-0.2, 0) is 0 Å². The van der Waals surface area contributed by atoms with Gasteiger partial charge in [0, 0.05) is 44.1 Å². The van der Waals surface area contributed by atoms with Crippen molar-refractivity contribution in [2.45, 2.75) is 13.8 Å². The number of aryl methyl sites for hydroxylation is 2. The molecule has 21 heavy (non-hydrogen) atoms. The molecule has 3 rings (SSSR count). The predicted octanol–water partition coefficient (Wildman–Crippen LogP) is 1.40. The maximum Gasteiger partial charge on any atom is 0.132 e. The highest BCUT2D eigenvalue weighted by atomic mass is 15.3. The highest BCUT2D eigenvalue weighted by molar-refractivity contribution is 5.66. The van der Waals surface area contributed by atoms with Gasteiger partial charge < -0.3 is 15.5 Å². The molecule has 2 N–H and O–H groups in total. The number of nitrogen functional groups attached to an aromatic ring is 1. The second-order valence-electron chi connectivity index (χ2n) is 5.32. The summed E-state index contributed by atoms with van der Waals surface area (Å²) in [5.41, 5.74) is 8.82. The van der Waals surface area contributed by atoms with Crippen LogP contribution in [0.15, 0.2) is 24.5 Å². The minimum Gasteiger partial charge on any atom is -0.396 e. The zero-order valence-electron chi connectivity index (χ0n) is 12.5. The Bertz CT molecular complexity index is 614. The number of rotatable bonds is 2. The third kappa shape index (κ3) is 2.89. The fourth-order valence-corrected chi connectivity index (χ4v) is 2.72. The molecule has 2 aromatic rings. The Kier molecular flexibility index (Phi) is 3.60. The molecular formula is C15H20N6. The van der Waals surface area contributed by atoms with Gasteiger partial charge in [-0.05, 0) is 19.9 Å². The van der Waals surface area contributed by atoms with Crippen LogP contribution in [0.3, 0.4) is 0 Å². The lowest BCUT2D eigenvalue weighted by molar-refractivity contribution is 0.645. The summed E-state index contributed by atoms with van der Waals surface area (Å²) >= 11 is 0. The molecule has 0 aromatic carbocycles. The van der Waals surface area contributed by atoms with Crippen molar-refractivity contribution in [2.75, 3.05) is 41.7 Å². The van der Waals surface area contributed by atoms with Gasteiger partial charge >= 0.3 is 0 Å². The first-order valence-corrected chi connectivity index (χ1v) is 7.15. The number of nitrogens with two attached hydrogens (primary N) is 1. The van der Waals surface area contributed by atoms with Gasteiger partial charge in [0.25, 0.3) is 0 Å². The molecule has 6 nitrogen and oxygen atoms in total. The standard InChI is InChI=1S/C15H20N6/c1-11-9-15(19-12(2)18-11)21-7-5-20(6-8-21)14-3-4-17-10-13(14)16/h3-4,9-10H,5-8,16H2,1-2H3. The highest BCUT2D eigenvalue weighted by Crippen LogP contribution is 2.24. The Morgan fingerprint density at radius 2 is 1.76 bits per heavy atom. The molecule has 0 saturated carbocycles. The number of hydrogen-bond donors (Lipinski definition) is 1. The number of piperazine rings is 1. The molecule has 0 spiro atoms. The van der Waals surface area contributed by atoms with E-state index in [9.17, 15) is 0 Å². The summed E-state index contributed by atoms with van der Waals surface area (Å²) in [5, 5.41) is 0. The third-order valence-corrected chi connectivity index (χ3v) is 3.72. The quantitative estimate of drug-likeness (QED) is 0.898. The Balaban J connectivity index is 1.72. The van der Waals surface area contributed by atoms with Gasteiger partial charge in [-0.3, -0.25) is 4.98 Å². The van der Waals surface area contributed by atoms with Crippen LogP contribution in [-0.4, -0.2) is 41.1 Å². The molecule has 1 fully saturated rings. The summed E-state index contributed by atoms with van der Waals surface area (Å²) < 4.78 is 0. The minimum absolute atomic E-state index is 0.736.